The average Bonchev–Trinajstić information content (AvgIpc) is 3.60. The molecule has 1 N–H and O–H groups in total. The molecule has 164 valence electrons. The summed E-state index contributed by atoms with van der Waals surface area (Å²) in [6, 6.07) is 17.7. The van der Waals surface area contributed by atoms with Crippen LogP contribution in [0.15, 0.2) is 78.6 Å². The average molecular weight is 472 g/mol. The number of nitrogens with one attached hydrogen (secondary N) is 1. The summed E-state index contributed by atoms with van der Waals surface area (Å²) in [4.78, 5) is 24.2. The fourth-order valence-corrected chi connectivity index (χ4v) is 5.15. The van der Waals surface area contributed by atoms with Gasteiger partial charge in [0, 0.05) is 41.0 Å². The highest BCUT2D eigenvalue weighted by molar-refractivity contribution is 7.16. The fourth-order valence-electron chi connectivity index (χ4n) is 3.49. The van der Waals surface area contributed by atoms with Gasteiger partial charge in [0.15, 0.2) is 0 Å². The predicted octanol–water partition coefficient (Wildman–Crippen LogP) is 5.40. The lowest BCUT2D eigenvalue weighted by Crippen LogP contribution is -2.25. The van der Waals surface area contributed by atoms with E-state index in [1.54, 1.807) is 45.9 Å². The molecule has 33 heavy (non-hydrogen) atoms. The molecular formula is C25H21N5OS2. The molecule has 0 bridgehead atoms. The van der Waals surface area contributed by atoms with Gasteiger partial charge in [-0.1, -0.05) is 18.2 Å². The van der Waals surface area contributed by atoms with Gasteiger partial charge >= 0.3 is 0 Å². The van der Waals surface area contributed by atoms with Crippen molar-refractivity contribution in [3.05, 3.63) is 94.0 Å². The maximum atomic E-state index is 13.1. The number of thiophene rings is 1. The van der Waals surface area contributed by atoms with Crippen molar-refractivity contribution in [2.45, 2.75) is 13.3 Å². The van der Waals surface area contributed by atoms with Crippen LogP contribution in [0.25, 0.3) is 27.5 Å². The number of hydrogen-bond acceptors (Lipinski definition) is 6. The predicted molar refractivity (Wildman–Crippen MR) is 133 cm³/mol. The molecule has 0 radical (unpaired) electrons. The number of aromatic nitrogens is 4. The van der Waals surface area contributed by atoms with E-state index in [0.717, 1.165) is 33.3 Å². The van der Waals surface area contributed by atoms with Crippen LogP contribution in [0.2, 0.25) is 0 Å². The molecule has 0 fully saturated rings. The fraction of sp³-hybridized carbons (Fsp3) is 0.120. The first kappa shape index (κ1) is 21.2. The Morgan fingerprint density at radius 2 is 1.97 bits per heavy atom. The molecule has 0 aliphatic carbocycles. The molecule has 0 aliphatic rings. The lowest BCUT2D eigenvalue weighted by Gasteiger charge is -2.04. The van der Waals surface area contributed by atoms with E-state index >= 15 is 0 Å². The van der Waals surface area contributed by atoms with Crippen LogP contribution in [-0.2, 0) is 6.42 Å². The number of para-hydroxylation sites is 1. The van der Waals surface area contributed by atoms with Crippen LogP contribution in [0.3, 0.4) is 0 Å². The minimum atomic E-state index is -0.150. The smallest absolute Gasteiger partial charge is 0.255 e. The second-order valence-corrected chi connectivity index (χ2v) is 9.67. The summed E-state index contributed by atoms with van der Waals surface area (Å²) in [5, 5.41) is 10.9. The number of carbonyl (C=O) groups excluding carboxylic acids is 1. The number of nitrogens with zero attached hydrogens (tertiary/aromatic N) is 4. The van der Waals surface area contributed by atoms with Crippen LogP contribution < -0.4 is 5.32 Å². The largest absolute Gasteiger partial charge is 0.352 e. The summed E-state index contributed by atoms with van der Waals surface area (Å²) in [5.74, 6) is -0.150. The molecule has 0 aliphatic heterocycles. The normalized spacial score (nSPS) is 10.9. The topological polar surface area (TPSA) is 72.7 Å². The van der Waals surface area contributed by atoms with Crippen molar-refractivity contribution < 1.29 is 4.79 Å². The second-order valence-electron chi connectivity index (χ2n) is 7.44. The molecule has 0 unspecified atom stereocenters. The van der Waals surface area contributed by atoms with Crippen LogP contribution in [0.4, 0.5) is 0 Å². The third-order valence-corrected chi connectivity index (χ3v) is 7.05. The number of amides is 1. The van der Waals surface area contributed by atoms with Gasteiger partial charge in [-0.2, -0.15) is 5.10 Å². The molecule has 0 saturated carbocycles. The van der Waals surface area contributed by atoms with Crippen molar-refractivity contribution in [2.24, 2.45) is 0 Å². The number of benzene rings is 1. The van der Waals surface area contributed by atoms with Crippen molar-refractivity contribution >= 4 is 28.6 Å². The maximum Gasteiger partial charge on any atom is 0.255 e. The molecule has 1 aromatic carbocycles. The van der Waals surface area contributed by atoms with Crippen molar-refractivity contribution in [1.29, 1.82) is 0 Å². The van der Waals surface area contributed by atoms with E-state index in [-0.39, 0.29) is 5.91 Å². The Morgan fingerprint density at radius 1 is 1.09 bits per heavy atom. The summed E-state index contributed by atoms with van der Waals surface area (Å²) < 4.78 is 1.73. The van der Waals surface area contributed by atoms with Gasteiger partial charge in [-0.15, -0.1) is 22.7 Å². The minimum absolute atomic E-state index is 0.150. The van der Waals surface area contributed by atoms with E-state index in [2.05, 4.69) is 37.9 Å². The zero-order valence-electron chi connectivity index (χ0n) is 17.9. The summed E-state index contributed by atoms with van der Waals surface area (Å²) in [6.45, 7) is 2.55. The minimum Gasteiger partial charge on any atom is -0.352 e. The third-order valence-electron chi connectivity index (χ3n) is 5.10. The molecule has 0 spiro atoms. The van der Waals surface area contributed by atoms with Gasteiger partial charge in [-0.05, 0) is 49.7 Å². The molecule has 4 aromatic heterocycles. The molecule has 1 amide bonds. The maximum absolute atomic E-state index is 13.1. The summed E-state index contributed by atoms with van der Waals surface area (Å²) in [6.07, 6.45) is 5.97. The first-order valence-electron chi connectivity index (χ1n) is 10.5. The SMILES string of the molecule is Cc1nc(-c2ccc(CCNC(=O)c3cn(-c4ccccc4)nc3-c3cccnc3)s2)cs1. The third kappa shape index (κ3) is 4.76. The van der Waals surface area contributed by atoms with E-state index in [1.807, 2.05) is 49.4 Å². The first-order valence-corrected chi connectivity index (χ1v) is 12.2. The Morgan fingerprint density at radius 3 is 2.73 bits per heavy atom. The summed E-state index contributed by atoms with van der Waals surface area (Å²) in [7, 11) is 0. The molecule has 0 atom stereocenters. The Hall–Kier alpha value is -3.62. The molecule has 5 rings (SSSR count). The van der Waals surface area contributed by atoms with Crippen molar-refractivity contribution in [3.8, 4) is 27.5 Å². The zero-order valence-corrected chi connectivity index (χ0v) is 19.6. The summed E-state index contributed by atoms with van der Waals surface area (Å²) in [5.41, 5.74) is 3.86. The Balaban J connectivity index is 1.32. The van der Waals surface area contributed by atoms with Gasteiger partial charge in [0.25, 0.3) is 5.91 Å². The number of rotatable bonds is 7. The van der Waals surface area contributed by atoms with Crippen LogP contribution in [0, 0.1) is 6.92 Å². The van der Waals surface area contributed by atoms with Crippen molar-refractivity contribution in [1.82, 2.24) is 25.1 Å². The van der Waals surface area contributed by atoms with E-state index in [1.165, 1.54) is 4.88 Å². The van der Waals surface area contributed by atoms with Gasteiger partial charge in [0.1, 0.15) is 5.69 Å². The van der Waals surface area contributed by atoms with E-state index in [4.69, 9.17) is 0 Å². The Labute approximate surface area is 199 Å². The van der Waals surface area contributed by atoms with E-state index in [0.29, 0.717) is 17.8 Å². The number of hydrogen-bond donors (Lipinski definition) is 1. The van der Waals surface area contributed by atoms with E-state index < -0.39 is 0 Å². The lowest BCUT2D eigenvalue weighted by atomic mass is 10.1. The number of pyridine rings is 1. The first-order chi connectivity index (χ1) is 16.2. The molecule has 6 nitrogen and oxygen atoms in total. The van der Waals surface area contributed by atoms with Gasteiger partial charge < -0.3 is 5.32 Å². The monoisotopic (exact) mass is 471 g/mol. The number of carbonyl (C=O) groups is 1. The van der Waals surface area contributed by atoms with E-state index in [9.17, 15) is 4.79 Å². The van der Waals surface area contributed by atoms with Gasteiger partial charge in [0.05, 0.1) is 26.8 Å². The summed E-state index contributed by atoms with van der Waals surface area (Å²) >= 11 is 3.37. The highest BCUT2D eigenvalue weighted by atomic mass is 32.1. The second kappa shape index (κ2) is 9.48. The molecule has 0 saturated heterocycles. The molecule has 5 aromatic rings. The zero-order chi connectivity index (χ0) is 22.6. The standard InChI is InChI=1S/C25H21N5OS2/c1-17-28-22(16-32-17)23-10-9-20(33-23)11-13-27-25(31)21-15-30(19-7-3-2-4-8-19)29-24(21)18-6-5-12-26-14-18/h2-10,12,14-16H,11,13H2,1H3,(H,27,31). The quantitative estimate of drug-likeness (QED) is 0.345. The number of aryl methyl sites for hydroxylation is 1. The van der Waals surface area contributed by atoms with Crippen molar-refractivity contribution in [3.63, 3.8) is 0 Å². The molecule has 8 heteroatoms. The van der Waals surface area contributed by atoms with Gasteiger partial charge in [-0.25, -0.2) is 9.67 Å². The lowest BCUT2D eigenvalue weighted by molar-refractivity contribution is 0.0955. The van der Waals surface area contributed by atoms with Crippen LogP contribution in [0.1, 0.15) is 20.2 Å². The van der Waals surface area contributed by atoms with Gasteiger partial charge in [0.2, 0.25) is 0 Å². The van der Waals surface area contributed by atoms with Crippen LogP contribution in [-0.4, -0.2) is 32.2 Å². The Kier molecular flexibility index (Phi) is 6.10. The van der Waals surface area contributed by atoms with Crippen molar-refractivity contribution in [2.75, 3.05) is 6.54 Å². The highest BCUT2D eigenvalue weighted by Gasteiger charge is 2.18. The van der Waals surface area contributed by atoms with Crippen LogP contribution in [0.5, 0.6) is 0 Å². The van der Waals surface area contributed by atoms with Crippen LogP contribution >= 0.6 is 22.7 Å². The molecule has 4 heterocycles. The van der Waals surface area contributed by atoms with Gasteiger partial charge in [-0.3, -0.25) is 9.78 Å². The number of thiazole rings is 1. The molecular weight excluding hydrogens is 450 g/mol. The highest BCUT2D eigenvalue weighted by Crippen LogP contribution is 2.29. The Bertz CT molecular complexity index is 1370.